The molecule has 1 aromatic carbocycles. The number of hydrogen-bond acceptors (Lipinski definition) is 4. The molecule has 0 saturated carbocycles. The van der Waals surface area contributed by atoms with Crippen LogP contribution in [0.4, 0.5) is 10.1 Å². The number of carbonyl (C=O) groups excluding carboxylic acids is 1. The Morgan fingerprint density at radius 3 is 2.68 bits per heavy atom. The van der Waals surface area contributed by atoms with Crippen LogP contribution in [0.2, 0.25) is 0 Å². The molecule has 3 heterocycles. The van der Waals surface area contributed by atoms with Crippen molar-refractivity contribution in [3.05, 3.63) is 52.5 Å². The summed E-state index contributed by atoms with van der Waals surface area (Å²) >= 11 is 8.96. The number of thiophene rings is 1. The first-order chi connectivity index (χ1) is 10.7. The molecule has 0 aliphatic carbocycles. The Bertz CT molecular complexity index is 732. The molecule has 1 aromatic heterocycles. The number of thioether (sulfide) groups is 1. The van der Waals surface area contributed by atoms with Crippen molar-refractivity contribution in [2.45, 2.75) is 11.4 Å². The molecule has 2 unspecified atom stereocenters. The molecule has 0 spiro atoms. The molecule has 1 amide bonds. The van der Waals surface area contributed by atoms with Crippen molar-refractivity contribution in [1.82, 2.24) is 4.90 Å². The smallest absolute Gasteiger partial charge is 0.257 e. The minimum atomic E-state index is -0.325. The van der Waals surface area contributed by atoms with E-state index in [4.69, 9.17) is 12.2 Å². The zero-order valence-electron chi connectivity index (χ0n) is 11.3. The van der Waals surface area contributed by atoms with Crippen molar-refractivity contribution in [3.63, 3.8) is 0 Å². The van der Waals surface area contributed by atoms with Crippen molar-refractivity contribution in [2.24, 2.45) is 0 Å². The van der Waals surface area contributed by atoms with Crippen LogP contribution in [0.25, 0.3) is 0 Å². The highest BCUT2D eigenvalue weighted by molar-refractivity contribution is 8.00. The largest absolute Gasteiger partial charge is 0.319 e. The summed E-state index contributed by atoms with van der Waals surface area (Å²) in [5.41, 5.74) is 0.626. The summed E-state index contributed by atoms with van der Waals surface area (Å²) in [7, 11) is 0. The number of anilines is 1. The first kappa shape index (κ1) is 14.2. The quantitative estimate of drug-likeness (QED) is 0.772. The summed E-state index contributed by atoms with van der Waals surface area (Å²) in [4.78, 5) is 17.4. The lowest BCUT2D eigenvalue weighted by atomic mass is 10.2. The fraction of sp³-hybridized carbons (Fsp3) is 0.200. The number of amides is 1. The van der Waals surface area contributed by atoms with Gasteiger partial charge in [-0.05, 0) is 47.9 Å². The summed E-state index contributed by atoms with van der Waals surface area (Å²) in [6, 6.07) is 9.73. The topological polar surface area (TPSA) is 23.6 Å². The van der Waals surface area contributed by atoms with Crippen LogP contribution in [0.15, 0.2) is 41.8 Å². The van der Waals surface area contributed by atoms with E-state index in [1.165, 1.54) is 21.9 Å². The maximum Gasteiger partial charge on any atom is 0.257 e. The van der Waals surface area contributed by atoms with E-state index in [1.54, 1.807) is 35.2 Å². The lowest BCUT2D eigenvalue weighted by molar-refractivity contribution is -0.119. The van der Waals surface area contributed by atoms with Gasteiger partial charge < -0.3 is 4.90 Å². The Morgan fingerprint density at radius 1 is 1.23 bits per heavy atom. The Kier molecular flexibility index (Phi) is 3.43. The fourth-order valence-electron chi connectivity index (χ4n) is 2.77. The van der Waals surface area contributed by atoms with Crippen LogP contribution in [0.3, 0.4) is 0 Å². The van der Waals surface area contributed by atoms with Crippen LogP contribution < -0.4 is 4.90 Å². The van der Waals surface area contributed by atoms with E-state index in [2.05, 4.69) is 6.07 Å². The van der Waals surface area contributed by atoms with E-state index in [0.29, 0.717) is 10.8 Å². The van der Waals surface area contributed by atoms with Crippen molar-refractivity contribution in [3.8, 4) is 0 Å². The summed E-state index contributed by atoms with van der Waals surface area (Å²) in [6.07, 6.45) is 0. The van der Waals surface area contributed by atoms with Gasteiger partial charge >= 0.3 is 0 Å². The Balaban J connectivity index is 1.69. The second-order valence-corrected chi connectivity index (χ2v) is 7.51. The molecule has 0 bridgehead atoms. The molecular weight excluding hydrogens is 339 g/mol. The molecule has 7 heteroatoms. The first-order valence-corrected chi connectivity index (χ1v) is 9.07. The molecular formula is C15H11FN2OS3. The van der Waals surface area contributed by atoms with Crippen molar-refractivity contribution < 1.29 is 9.18 Å². The number of thiocarbonyl (C=S) groups is 1. The van der Waals surface area contributed by atoms with Crippen LogP contribution in [0.5, 0.6) is 0 Å². The minimum Gasteiger partial charge on any atom is -0.319 e. The number of hydrogen-bond donors (Lipinski definition) is 0. The monoisotopic (exact) mass is 350 g/mol. The first-order valence-electron chi connectivity index (χ1n) is 6.73. The fourth-order valence-corrected chi connectivity index (χ4v) is 5.65. The standard InChI is InChI=1S/C15H11FN2OS3/c16-9-3-5-10(6-4-9)17-13(19)11-8-22-14(18(11)15(17)20)12-2-1-7-21-12/h1-7,11,14H,8H2. The van der Waals surface area contributed by atoms with E-state index >= 15 is 0 Å². The second-order valence-electron chi connectivity index (χ2n) is 5.06. The average molecular weight is 350 g/mol. The van der Waals surface area contributed by atoms with Crippen LogP contribution in [-0.2, 0) is 4.79 Å². The van der Waals surface area contributed by atoms with Gasteiger partial charge in [-0.3, -0.25) is 9.69 Å². The lowest BCUT2D eigenvalue weighted by Crippen LogP contribution is -2.33. The van der Waals surface area contributed by atoms with Gasteiger partial charge in [-0.15, -0.1) is 23.1 Å². The molecule has 4 rings (SSSR count). The number of fused-ring (bicyclic) bond motifs is 1. The molecule has 112 valence electrons. The Hall–Kier alpha value is -1.44. The highest BCUT2D eigenvalue weighted by Gasteiger charge is 2.51. The minimum absolute atomic E-state index is 0.0248. The van der Waals surface area contributed by atoms with Gasteiger partial charge in [0.15, 0.2) is 5.11 Å². The predicted molar refractivity (Wildman–Crippen MR) is 91.6 cm³/mol. The predicted octanol–water partition coefficient (Wildman–Crippen LogP) is 3.63. The highest BCUT2D eigenvalue weighted by Crippen LogP contribution is 2.47. The third kappa shape index (κ3) is 2.07. The van der Waals surface area contributed by atoms with Crippen LogP contribution in [0, 0.1) is 5.82 Å². The SMILES string of the molecule is O=C1C2CSC(c3cccs3)N2C(=S)N1c1ccc(F)cc1. The van der Waals surface area contributed by atoms with E-state index in [-0.39, 0.29) is 23.1 Å². The number of nitrogens with zero attached hydrogens (tertiary/aromatic N) is 2. The highest BCUT2D eigenvalue weighted by atomic mass is 32.2. The van der Waals surface area contributed by atoms with Crippen molar-refractivity contribution in [1.29, 1.82) is 0 Å². The molecule has 3 nitrogen and oxygen atoms in total. The van der Waals surface area contributed by atoms with Gasteiger partial charge in [0.1, 0.15) is 17.2 Å². The van der Waals surface area contributed by atoms with Crippen LogP contribution >= 0.6 is 35.3 Å². The molecule has 22 heavy (non-hydrogen) atoms. The number of halogens is 1. The summed E-state index contributed by atoms with van der Waals surface area (Å²) in [6.45, 7) is 0. The van der Waals surface area contributed by atoms with Gasteiger partial charge in [-0.1, -0.05) is 6.07 Å². The maximum atomic E-state index is 13.1. The zero-order valence-corrected chi connectivity index (χ0v) is 13.8. The Labute approximate surface area is 140 Å². The molecule has 2 saturated heterocycles. The van der Waals surface area contributed by atoms with Gasteiger partial charge in [0.2, 0.25) is 0 Å². The van der Waals surface area contributed by atoms with Crippen molar-refractivity contribution in [2.75, 3.05) is 10.7 Å². The summed E-state index contributed by atoms with van der Waals surface area (Å²) < 4.78 is 13.1. The number of carbonyl (C=O) groups is 1. The molecule has 2 aliphatic rings. The Morgan fingerprint density at radius 2 is 2.00 bits per heavy atom. The summed E-state index contributed by atoms with van der Waals surface area (Å²) in [5, 5.41) is 2.62. The molecule has 2 aromatic rings. The average Bonchev–Trinajstić information content (AvgIpc) is 3.21. The van der Waals surface area contributed by atoms with E-state index in [9.17, 15) is 9.18 Å². The van der Waals surface area contributed by atoms with Gasteiger partial charge in [0, 0.05) is 10.6 Å². The summed E-state index contributed by atoms with van der Waals surface area (Å²) in [5.74, 6) is 0.371. The molecule has 0 N–H and O–H groups in total. The zero-order chi connectivity index (χ0) is 15.3. The maximum absolute atomic E-state index is 13.1. The van der Waals surface area contributed by atoms with Crippen molar-refractivity contribution >= 4 is 52.0 Å². The van der Waals surface area contributed by atoms with Gasteiger partial charge in [0.25, 0.3) is 5.91 Å². The third-order valence-corrected chi connectivity index (χ3v) is 6.56. The van der Waals surface area contributed by atoms with E-state index < -0.39 is 0 Å². The molecule has 0 radical (unpaired) electrons. The van der Waals surface area contributed by atoms with E-state index in [0.717, 1.165) is 5.75 Å². The van der Waals surface area contributed by atoms with Gasteiger partial charge in [-0.25, -0.2) is 4.39 Å². The normalized spacial score (nSPS) is 24.2. The van der Waals surface area contributed by atoms with Crippen LogP contribution in [0.1, 0.15) is 10.3 Å². The van der Waals surface area contributed by atoms with Gasteiger partial charge in [0.05, 0.1) is 5.69 Å². The second kappa shape index (κ2) is 5.33. The number of benzene rings is 1. The number of rotatable bonds is 2. The van der Waals surface area contributed by atoms with Gasteiger partial charge in [-0.2, -0.15) is 0 Å². The third-order valence-electron chi connectivity index (χ3n) is 3.79. The lowest BCUT2D eigenvalue weighted by Gasteiger charge is -2.24. The van der Waals surface area contributed by atoms with E-state index in [1.807, 2.05) is 16.3 Å². The molecule has 2 aliphatic heterocycles. The molecule has 2 fully saturated rings. The molecule has 2 atom stereocenters. The van der Waals surface area contributed by atoms with Crippen LogP contribution in [-0.4, -0.2) is 27.7 Å².